The van der Waals surface area contributed by atoms with E-state index in [-0.39, 0.29) is 11.3 Å². The second kappa shape index (κ2) is 3.65. The summed E-state index contributed by atoms with van der Waals surface area (Å²) >= 11 is 0. The van der Waals surface area contributed by atoms with E-state index in [1.54, 1.807) is 6.07 Å². The number of nitriles is 1. The average molecular weight is 177 g/mol. The molecule has 1 aromatic rings. The highest BCUT2D eigenvalue weighted by Crippen LogP contribution is 2.19. The van der Waals surface area contributed by atoms with Crippen LogP contribution >= 0.6 is 0 Å². The number of aliphatic hydroxyl groups is 1. The molecule has 0 fully saturated rings. The van der Waals surface area contributed by atoms with Gasteiger partial charge in [-0.3, -0.25) is 10.1 Å². The summed E-state index contributed by atoms with van der Waals surface area (Å²) in [6.45, 7) is 0.744. The first-order valence-electron chi connectivity index (χ1n) is 3.35. The van der Waals surface area contributed by atoms with Crippen molar-refractivity contribution in [2.75, 3.05) is 0 Å². The van der Waals surface area contributed by atoms with Crippen LogP contribution in [0.25, 0.3) is 0 Å². The van der Waals surface area contributed by atoms with Gasteiger partial charge in [-0.1, -0.05) is 6.07 Å². The van der Waals surface area contributed by atoms with Crippen LogP contribution in [0.15, 0.2) is 18.2 Å². The first-order valence-corrected chi connectivity index (χ1v) is 3.35. The third-order valence-corrected chi connectivity index (χ3v) is 1.49. The van der Waals surface area contributed by atoms with Crippen molar-refractivity contribution in [3.63, 3.8) is 0 Å². The summed E-state index contributed by atoms with van der Waals surface area (Å²) < 4.78 is 0. The van der Waals surface area contributed by atoms with Crippen LogP contribution in [0.5, 0.6) is 0 Å². The van der Waals surface area contributed by atoms with E-state index in [4.69, 9.17) is 10.4 Å². The molecule has 13 heavy (non-hydrogen) atoms. The fourth-order valence-corrected chi connectivity index (χ4v) is 0.875. The molecule has 1 N–H and O–H groups in total. The Balaban J connectivity index is 3.28. The molecule has 0 aromatic heterocycles. The highest BCUT2D eigenvalue weighted by Gasteiger charge is 2.13. The molecule has 5 nitrogen and oxygen atoms in total. The number of nitro benzene ring substituents is 1. The Morgan fingerprint density at radius 2 is 2.31 bits per heavy atom. The Morgan fingerprint density at radius 1 is 1.62 bits per heavy atom. The van der Waals surface area contributed by atoms with Crippen molar-refractivity contribution in [3.8, 4) is 6.07 Å². The molecule has 0 aliphatic heterocycles. The monoisotopic (exact) mass is 177 g/mol. The highest BCUT2D eigenvalue weighted by molar-refractivity contribution is 5.51. The molecule has 0 amide bonds. The van der Waals surface area contributed by atoms with Crippen LogP contribution < -0.4 is 0 Å². The number of benzene rings is 1. The van der Waals surface area contributed by atoms with Gasteiger partial charge in [0.25, 0.3) is 5.69 Å². The summed E-state index contributed by atoms with van der Waals surface area (Å²) in [7, 11) is 0. The van der Waals surface area contributed by atoms with E-state index in [1.165, 1.54) is 12.1 Å². The van der Waals surface area contributed by atoms with Gasteiger partial charge in [0.1, 0.15) is 18.2 Å². The molecule has 0 unspecified atom stereocenters. The standard InChI is InChI=1S/C8H5N2O3/c9-4-7-2-1-6(5-11)3-8(7)10(12)13/h1-3,5,11H. The van der Waals surface area contributed by atoms with Crippen molar-refractivity contribution in [2.24, 2.45) is 0 Å². The number of rotatable bonds is 2. The summed E-state index contributed by atoms with van der Waals surface area (Å²) in [4.78, 5) is 9.75. The van der Waals surface area contributed by atoms with Gasteiger partial charge in [-0.2, -0.15) is 5.26 Å². The third-order valence-electron chi connectivity index (χ3n) is 1.49. The van der Waals surface area contributed by atoms with E-state index in [0.29, 0.717) is 5.56 Å². The zero-order valence-corrected chi connectivity index (χ0v) is 6.47. The van der Waals surface area contributed by atoms with Crippen molar-refractivity contribution >= 4 is 5.69 Å². The molecule has 0 aliphatic rings. The summed E-state index contributed by atoms with van der Waals surface area (Å²) in [5, 5.41) is 27.5. The van der Waals surface area contributed by atoms with Crippen LogP contribution in [0, 0.1) is 28.1 Å². The molecule has 1 rings (SSSR count). The third kappa shape index (κ3) is 1.80. The Labute approximate surface area is 74.0 Å². The lowest BCUT2D eigenvalue weighted by Crippen LogP contribution is -1.93. The van der Waals surface area contributed by atoms with Crippen LogP contribution in [0.2, 0.25) is 0 Å². The lowest BCUT2D eigenvalue weighted by Gasteiger charge is -1.96. The predicted octanol–water partition coefficient (Wildman–Crippen LogP) is 1.35. The smallest absolute Gasteiger partial charge is 0.287 e. The normalized spacial score (nSPS) is 9.23. The Kier molecular flexibility index (Phi) is 2.57. The van der Waals surface area contributed by atoms with Crippen molar-refractivity contribution in [1.29, 1.82) is 5.26 Å². The SMILES string of the molecule is N#Cc1ccc([CH]O)cc1[N+](=O)[O-]. The molecular formula is C8H5N2O3. The van der Waals surface area contributed by atoms with E-state index < -0.39 is 4.92 Å². The fourth-order valence-electron chi connectivity index (χ4n) is 0.875. The van der Waals surface area contributed by atoms with Gasteiger partial charge in [0.05, 0.1) is 4.92 Å². The van der Waals surface area contributed by atoms with Gasteiger partial charge in [0.2, 0.25) is 0 Å². The van der Waals surface area contributed by atoms with E-state index in [2.05, 4.69) is 0 Å². The molecule has 1 aromatic carbocycles. The van der Waals surface area contributed by atoms with Crippen molar-refractivity contribution < 1.29 is 10.0 Å². The molecule has 65 valence electrons. The number of nitro groups is 1. The van der Waals surface area contributed by atoms with Crippen molar-refractivity contribution in [1.82, 2.24) is 0 Å². The predicted molar refractivity (Wildman–Crippen MR) is 43.1 cm³/mol. The zero-order valence-electron chi connectivity index (χ0n) is 6.47. The number of hydrogen-bond donors (Lipinski definition) is 1. The maximum absolute atomic E-state index is 10.4. The molecule has 0 bridgehead atoms. The second-order valence-electron chi connectivity index (χ2n) is 2.27. The highest BCUT2D eigenvalue weighted by atomic mass is 16.6. The molecule has 0 saturated carbocycles. The van der Waals surface area contributed by atoms with E-state index in [1.807, 2.05) is 0 Å². The number of nitrogens with zero attached hydrogens (tertiary/aromatic N) is 2. The Morgan fingerprint density at radius 3 is 2.77 bits per heavy atom. The minimum absolute atomic E-state index is 0.0180. The molecule has 0 heterocycles. The molecule has 1 radical (unpaired) electrons. The molecule has 0 spiro atoms. The molecular weight excluding hydrogens is 172 g/mol. The van der Waals surface area contributed by atoms with Gasteiger partial charge in [-0.05, 0) is 11.6 Å². The van der Waals surface area contributed by atoms with Crippen LogP contribution in [0.4, 0.5) is 5.69 Å². The lowest BCUT2D eigenvalue weighted by atomic mass is 10.1. The van der Waals surface area contributed by atoms with Gasteiger partial charge in [-0.15, -0.1) is 0 Å². The minimum Gasteiger partial charge on any atom is -0.385 e. The van der Waals surface area contributed by atoms with Crippen LogP contribution in [-0.4, -0.2) is 10.0 Å². The van der Waals surface area contributed by atoms with Gasteiger partial charge < -0.3 is 5.11 Å². The van der Waals surface area contributed by atoms with Gasteiger partial charge in [0.15, 0.2) is 0 Å². The van der Waals surface area contributed by atoms with Crippen LogP contribution in [0.1, 0.15) is 11.1 Å². The first-order chi connectivity index (χ1) is 6.19. The number of hydrogen-bond acceptors (Lipinski definition) is 4. The maximum atomic E-state index is 10.4. The Hall–Kier alpha value is -1.93. The summed E-state index contributed by atoms with van der Waals surface area (Å²) in [5.41, 5.74) is -0.0217. The van der Waals surface area contributed by atoms with Gasteiger partial charge in [0, 0.05) is 6.07 Å². The van der Waals surface area contributed by atoms with E-state index in [0.717, 1.165) is 12.7 Å². The van der Waals surface area contributed by atoms with Crippen LogP contribution in [-0.2, 0) is 0 Å². The molecule has 0 atom stereocenters. The van der Waals surface area contributed by atoms with Gasteiger partial charge >= 0.3 is 0 Å². The quantitative estimate of drug-likeness (QED) is 0.545. The lowest BCUT2D eigenvalue weighted by molar-refractivity contribution is -0.385. The van der Waals surface area contributed by atoms with Crippen LogP contribution in [0.3, 0.4) is 0 Å². The van der Waals surface area contributed by atoms with Crippen molar-refractivity contribution in [3.05, 3.63) is 46.0 Å². The largest absolute Gasteiger partial charge is 0.385 e. The summed E-state index contributed by atoms with van der Waals surface area (Å²) in [5.74, 6) is 0. The fraction of sp³-hybridized carbons (Fsp3) is 0. The molecule has 5 heteroatoms. The summed E-state index contributed by atoms with van der Waals surface area (Å²) in [6.07, 6.45) is 0. The summed E-state index contributed by atoms with van der Waals surface area (Å²) in [6, 6.07) is 5.54. The minimum atomic E-state index is -0.661. The second-order valence-corrected chi connectivity index (χ2v) is 2.27. The molecule has 0 aliphatic carbocycles. The zero-order chi connectivity index (χ0) is 9.84. The van der Waals surface area contributed by atoms with E-state index in [9.17, 15) is 10.1 Å². The van der Waals surface area contributed by atoms with Gasteiger partial charge in [-0.25, -0.2) is 0 Å². The average Bonchev–Trinajstić information content (AvgIpc) is 2.16. The Bertz CT molecular complexity index is 381. The van der Waals surface area contributed by atoms with Crippen molar-refractivity contribution in [2.45, 2.75) is 0 Å². The van der Waals surface area contributed by atoms with E-state index >= 15 is 0 Å². The molecule has 0 saturated heterocycles. The maximum Gasteiger partial charge on any atom is 0.287 e. The first kappa shape index (κ1) is 9.16. The number of aliphatic hydroxyl groups excluding tert-OH is 1. The topological polar surface area (TPSA) is 87.2 Å².